The minimum atomic E-state index is -0.778. The summed E-state index contributed by atoms with van der Waals surface area (Å²) in [5, 5.41) is 26.7. The Morgan fingerprint density at radius 1 is 1.37 bits per heavy atom. The predicted octanol–water partition coefficient (Wildman–Crippen LogP) is -1.20. The molecule has 3 amide bonds. The summed E-state index contributed by atoms with van der Waals surface area (Å²) < 4.78 is 6.57. The fourth-order valence-corrected chi connectivity index (χ4v) is 3.41. The number of carbonyl (C=O) groups excluding carboxylic acids is 3. The quantitative estimate of drug-likeness (QED) is 0.298. The van der Waals surface area contributed by atoms with Crippen molar-refractivity contribution in [2.75, 3.05) is 26.2 Å². The molecule has 2 aliphatic rings. The lowest BCUT2D eigenvalue weighted by molar-refractivity contribution is -0.125. The van der Waals surface area contributed by atoms with Gasteiger partial charge in [0.15, 0.2) is 0 Å². The third kappa shape index (κ3) is 7.03. The Bertz CT molecular complexity index is 712. The first-order valence-corrected chi connectivity index (χ1v) is 9.66. The van der Waals surface area contributed by atoms with Crippen molar-refractivity contribution in [3.8, 4) is 0 Å². The summed E-state index contributed by atoms with van der Waals surface area (Å²) >= 11 is 0. The molecule has 0 radical (unpaired) electrons. The van der Waals surface area contributed by atoms with Gasteiger partial charge >= 0.3 is 6.09 Å². The van der Waals surface area contributed by atoms with Crippen LogP contribution in [0.3, 0.4) is 0 Å². The van der Waals surface area contributed by atoms with Crippen molar-refractivity contribution in [3.05, 3.63) is 18.5 Å². The lowest BCUT2D eigenvalue weighted by Gasteiger charge is -2.18. The SMILES string of the molecule is O=C(CN1CCOC1=O)N[C@H]1C[C@H](C(=O)NCCCn2cccn2)C[C@@H]1O.O=CO. The molecule has 1 aliphatic heterocycles. The largest absolute Gasteiger partial charge is 0.483 e. The molecule has 0 unspecified atom stereocenters. The summed E-state index contributed by atoms with van der Waals surface area (Å²) in [4.78, 5) is 45.4. The van der Waals surface area contributed by atoms with Crippen molar-refractivity contribution in [3.63, 3.8) is 0 Å². The zero-order chi connectivity index (χ0) is 21.9. The second-order valence-corrected chi connectivity index (χ2v) is 6.96. The van der Waals surface area contributed by atoms with Gasteiger partial charge in [0.2, 0.25) is 11.8 Å². The maximum Gasteiger partial charge on any atom is 0.410 e. The topological polar surface area (TPSA) is 163 Å². The monoisotopic (exact) mass is 425 g/mol. The molecule has 12 nitrogen and oxygen atoms in total. The van der Waals surface area contributed by atoms with E-state index >= 15 is 0 Å². The number of cyclic esters (lactones) is 1. The predicted molar refractivity (Wildman–Crippen MR) is 102 cm³/mol. The Morgan fingerprint density at radius 3 is 2.77 bits per heavy atom. The van der Waals surface area contributed by atoms with Crippen LogP contribution in [-0.2, 0) is 25.7 Å². The van der Waals surface area contributed by atoms with Crippen LogP contribution >= 0.6 is 0 Å². The number of aromatic nitrogens is 2. The van der Waals surface area contributed by atoms with Crippen LogP contribution in [0.2, 0.25) is 0 Å². The molecule has 3 rings (SSSR count). The smallest absolute Gasteiger partial charge is 0.410 e. The van der Waals surface area contributed by atoms with Crippen LogP contribution in [0, 0.1) is 5.92 Å². The van der Waals surface area contributed by atoms with Crippen molar-refractivity contribution >= 4 is 24.4 Å². The van der Waals surface area contributed by atoms with Crippen LogP contribution in [0.1, 0.15) is 19.3 Å². The molecule has 1 aliphatic carbocycles. The molecule has 166 valence electrons. The second kappa shape index (κ2) is 11.8. The molecule has 30 heavy (non-hydrogen) atoms. The van der Waals surface area contributed by atoms with Gasteiger partial charge in [-0.2, -0.15) is 5.10 Å². The highest BCUT2D eigenvalue weighted by Crippen LogP contribution is 2.26. The molecule has 4 N–H and O–H groups in total. The third-order valence-corrected chi connectivity index (χ3v) is 4.85. The number of aryl methyl sites for hydroxylation is 1. The first-order valence-electron chi connectivity index (χ1n) is 9.66. The molecule has 1 saturated carbocycles. The fourth-order valence-electron chi connectivity index (χ4n) is 3.41. The zero-order valence-electron chi connectivity index (χ0n) is 16.5. The van der Waals surface area contributed by atoms with E-state index in [1.807, 2.05) is 12.3 Å². The van der Waals surface area contributed by atoms with Gasteiger partial charge in [0.25, 0.3) is 6.47 Å². The van der Waals surface area contributed by atoms with Crippen LogP contribution in [0.4, 0.5) is 4.79 Å². The number of carbonyl (C=O) groups is 4. The van der Waals surface area contributed by atoms with Gasteiger partial charge in [0, 0.05) is 31.4 Å². The van der Waals surface area contributed by atoms with Crippen molar-refractivity contribution < 1.29 is 34.1 Å². The lowest BCUT2D eigenvalue weighted by atomic mass is 10.1. The van der Waals surface area contributed by atoms with Gasteiger partial charge in [-0.1, -0.05) is 0 Å². The Kier molecular flexibility index (Phi) is 9.06. The number of ether oxygens (including phenoxy) is 1. The molecule has 1 saturated heterocycles. The maximum absolute atomic E-state index is 12.3. The third-order valence-electron chi connectivity index (χ3n) is 4.85. The average molecular weight is 425 g/mol. The Hall–Kier alpha value is -3.15. The van der Waals surface area contributed by atoms with E-state index in [4.69, 9.17) is 14.6 Å². The van der Waals surface area contributed by atoms with Crippen LogP contribution < -0.4 is 10.6 Å². The average Bonchev–Trinajstić information content (AvgIpc) is 3.43. The molecular weight excluding hydrogens is 398 g/mol. The minimum absolute atomic E-state index is 0.105. The van der Waals surface area contributed by atoms with Crippen molar-refractivity contribution in [2.45, 2.75) is 38.0 Å². The summed E-state index contributed by atoms with van der Waals surface area (Å²) in [5.41, 5.74) is 0. The van der Waals surface area contributed by atoms with Crippen LogP contribution in [0.5, 0.6) is 0 Å². The van der Waals surface area contributed by atoms with Gasteiger partial charge in [-0.15, -0.1) is 0 Å². The highest BCUT2D eigenvalue weighted by atomic mass is 16.6. The van der Waals surface area contributed by atoms with Crippen LogP contribution in [-0.4, -0.2) is 87.7 Å². The molecule has 2 fully saturated rings. The zero-order valence-corrected chi connectivity index (χ0v) is 16.5. The molecule has 3 atom stereocenters. The number of nitrogens with one attached hydrogen (secondary N) is 2. The first-order chi connectivity index (χ1) is 14.4. The van der Waals surface area contributed by atoms with Gasteiger partial charge in [0.05, 0.1) is 18.7 Å². The summed E-state index contributed by atoms with van der Waals surface area (Å²) in [5.74, 6) is -0.820. The Labute approximate surface area is 173 Å². The Morgan fingerprint density at radius 2 is 2.13 bits per heavy atom. The maximum atomic E-state index is 12.3. The van der Waals surface area contributed by atoms with Crippen molar-refractivity contribution in [2.24, 2.45) is 5.92 Å². The van der Waals surface area contributed by atoms with E-state index in [1.54, 1.807) is 10.9 Å². The summed E-state index contributed by atoms with van der Waals surface area (Å²) in [6.07, 6.45) is 3.73. The highest BCUT2D eigenvalue weighted by molar-refractivity contribution is 5.83. The number of aliphatic hydroxyl groups is 1. The summed E-state index contributed by atoms with van der Waals surface area (Å²) in [6.45, 7) is 1.55. The number of carboxylic acid groups (broad SMARTS) is 1. The second-order valence-electron chi connectivity index (χ2n) is 6.96. The van der Waals surface area contributed by atoms with E-state index in [9.17, 15) is 19.5 Å². The Balaban J connectivity index is 0.00000101. The van der Waals surface area contributed by atoms with Gasteiger partial charge in [0.1, 0.15) is 13.2 Å². The van der Waals surface area contributed by atoms with E-state index in [-0.39, 0.29) is 37.4 Å². The molecular formula is C18H27N5O7. The van der Waals surface area contributed by atoms with E-state index in [1.165, 1.54) is 4.90 Å². The first kappa shape index (κ1) is 23.1. The van der Waals surface area contributed by atoms with E-state index in [2.05, 4.69) is 15.7 Å². The number of amides is 3. The number of nitrogens with zero attached hydrogens (tertiary/aromatic N) is 3. The minimum Gasteiger partial charge on any atom is -0.483 e. The van der Waals surface area contributed by atoms with Crippen LogP contribution in [0.25, 0.3) is 0 Å². The lowest BCUT2D eigenvalue weighted by Crippen LogP contribution is -2.45. The molecule has 1 aromatic heterocycles. The molecule has 0 spiro atoms. The molecule has 2 heterocycles. The normalized spacial score (nSPS) is 22.6. The van der Waals surface area contributed by atoms with Crippen molar-refractivity contribution in [1.82, 2.24) is 25.3 Å². The highest BCUT2D eigenvalue weighted by Gasteiger charge is 2.38. The van der Waals surface area contributed by atoms with E-state index < -0.39 is 18.2 Å². The van der Waals surface area contributed by atoms with Gasteiger partial charge in [-0.3, -0.25) is 24.0 Å². The van der Waals surface area contributed by atoms with Gasteiger partial charge in [-0.25, -0.2) is 4.79 Å². The number of hydrogen-bond acceptors (Lipinski definition) is 7. The molecule has 0 bridgehead atoms. The fraction of sp³-hybridized carbons (Fsp3) is 0.611. The molecule has 0 aromatic carbocycles. The van der Waals surface area contributed by atoms with E-state index in [0.717, 1.165) is 13.0 Å². The number of aliphatic hydroxyl groups excluding tert-OH is 1. The van der Waals surface area contributed by atoms with E-state index in [0.29, 0.717) is 25.9 Å². The van der Waals surface area contributed by atoms with Crippen molar-refractivity contribution in [1.29, 1.82) is 0 Å². The number of hydrogen-bond donors (Lipinski definition) is 4. The number of rotatable bonds is 8. The molecule has 1 aromatic rings. The summed E-state index contributed by atoms with van der Waals surface area (Å²) in [7, 11) is 0. The van der Waals surface area contributed by atoms with Crippen LogP contribution in [0.15, 0.2) is 18.5 Å². The molecule has 12 heteroatoms. The standard InChI is InChI=1S/C17H25N5O5.CH2O2/c23-14-10-12(16(25)18-3-1-5-22-6-2-4-19-22)9-13(14)20-15(24)11-21-7-8-27-17(21)26;2-1-3/h2,4,6,12-14,23H,1,3,5,7-11H2,(H,18,25)(H,20,24);1H,(H,2,3)/t12-,13-,14-;/m0./s1. The van der Waals surface area contributed by atoms with Gasteiger partial charge < -0.3 is 25.6 Å². The summed E-state index contributed by atoms with van der Waals surface area (Å²) in [6, 6.07) is 1.36. The van der Waals surface area contributed by atoms with Gasteiger partial charge in [-0.05, 0) is 25.3 Å².